The Kier molecular flexibility index (Phi) is 6.35. The molecule has 1 fully saturated rings. The second-order valence-corrected chi connectivity index (χ2v) is 7.20. The van der Waals surface area contributed by atoms with Crippen LogP contribution in [-0.4, -0.2) is 66.7 Å². The molecule has 0 spiro atoms. The maximum Gasteiger partial charge on any atom is 0.409 e. The van der Waals surface area contributed by atoms with Gasteiger partial charge in [0.25, 0.3) is 5.91 Å². The van der Waals surface area contributed by atoms with Crippen LogP contribution in [0.1, 0.15) is 23.0 Å². The minimum absolute atomic E-state index is 0.135. The summed E-state index contributed by atoms with van der Waals surface area (Å²) in [7, 11) is 1.61. The van der Waals surface area contributed by atoms with E-state index < -0.39 is 0 Å². The monoisotopic (exact) mass is 404 g/mol. The summed E-state index contributed by atoms with van der Waals surface area (Å²) >= 11 is 1.36. The Labute approximate surface area is 168 Å². The number of carbonyl (C=O) groups excluding carboxylic acids is 2. The van der Waals surface area contributed by atoms with Crippen LogP contribution in [0.25, 0.3) is 0 Å². The van der Waals surface area contributed by atoms with Crippen molar-refractivity contribution in [2.24, 2.45) is 0 Å². The highest BCUT2D eigenvalue weighted by atomic mass is 32.1. The molecule has 0 saturated carbocycles. The van der Waals surface area contributed by atoms with Gasteiger partial charge in [-0.15, -0.1) is 11.3 Å². The first-order chi connectivity index (χ1) is 13.5. The molecule has 2 aromatic rings. The van der Waals surface area contributed by atoms with Crippen molar-refractivity contribution in [1.29, 1.82) is 0 Å². The molecule has 150 valence electrons. The van der Waals surface area contributed by atoms with Crippen molar-refractivity contribution < 1.29 is 19.1 Å². The Morgan fingerprint density at radius 2 is 1.93 bits per heavy atom. The average molecular weight is 404 g/mol. The number of rotatable bonds is 5. The lowest BCUT2D eigenvalue weighted by Crippen LogP contribution is -2.50. The molecular weight excluding hydrogens is 380 g/mol. The molecule has 28 heavy (non-hydrogen) atoms. The van der Waals surface area contributed by atoms with E-state index in [1.807, 2.05) is 25.1 Å². The summed E-state index contributed by atoms with van der Waals surface area (Å²) in [5, 5.41) is 5.58. The third kappa shape index (κ3) is 4.53. The van der Waals surface area contributed by atoms with E-state index in [0.29, 0.717) is 49.4 Å². The Bertz CT molecular complexity index is 846. The van der Waals surface area contributed by atoms with Crippen molar-refractivity contribution in [1.82, 2.24) is 14.8 Å². The van der Waals surface area contributed by atoms with Gasteiger partial charge in [-0.3, -0.25) is 4.79 Å². The number of ether oxygens (including phenoxy) is 2. The summed E-state index contributed by atoms with van der Waals surface area (Å²) in [4.78, 5) is 32.2. The number of nitrogens with zero attached hydrogens (tertiary/aromatic N) is 3. The molecule has 0 aliphatic carbocycles. The highest BCUT2D eigenvalue weighted by Crippen LogP contribution is 2.30. The van der Waals surface area contributed by atoms with Crippen LogP contribution < -0.4 is 10.1 Å². The van der Waals surface area contributed by atoms with Gasteiger partial charge in [-0.25, -0.2) is 9.78 Å². The van der Waals surface area contributed by atoms with E-state index in [2.05, 4.69) is 10.3 Å². The van der Waals surface area contributed by atoms with Crippen LogP contribution in [0.5, 0.6) is 5.75 Å². The van der Waals surface area contributed by atoms with Gasteiger partial charge >= 0.3 is 6.09 Å². The maximum absolute atomic E-state index is 12.7. The lowest BCUT2D eigenvalue weighted by molar-refractivity contribution is 0.0566. The molecule has 1 aliphatic heterocycles. The summed E-state index contributed by atoms with van der Waals surface area (Å²) in [6.45, 7) is 5.96. The first kappa shape index (κ1) is 19.9. The molecule has 0 atom stereocenters. The molecule has 1 aromatic carbocycles. The minimum atomic E-state index is -0.332. The van der Waals surface area contributed by atoms with Crippen LogP contribution in [0.2, 0.25) is 0 Å². The lowest BCUT2D eigenvalue weighted by atomic mass is 10.2. The quantitative estimate of drug-likeness (QED) is 0.824. The van der Waals surface area contributed by atoms with Crippen LogP contribution >= 0.6 is 11.3 Å². The molecule has 1 aromatic heterocycles. The minimum Gasteiger partial charge on any atom is -0.495 e. The molecule has 2 amide bonds. The van der Waals surface area contributed by atoms with E-state index in [1.165, 1.54) is 11.3 Å². The Hall–Kier alpha value is -2.81. The molecule has 0 radical (unpaired) electrons. The smallest absolute Gasteiger partial charge is 0.409 e. The largest absolute Gasteiger partial charge is 0.495 e. The molecule has 0 unspecified atom stereocenters. The lowest BCUT2D eigenvalue weighted by Gasteiger charge is -2.33. The standard InChI is InChI=1S/C19H24N4O4S/c1-4-27-19(25)23-9-7-22(8-10-23)17(24)15-12-28-18(21-15)20-14-11-13(2)5-6-16(14)26-3/h5-6,11-12H,4,7-10H2,1-3H3,(H,20,21). The summed E-state index contributed by atoms with van der Waals surface area (Å²) in [6.07, 6.45) is -0.332. The number of hydrogen-bond donors (Lipinski definition) is 1. The number of aryl methyl sites for hydroxylation is 1. The highest BCUT2D eigenvalue weighted by Gasteiger charge is 2.26. The van der Waals surface area contributed by atoms with Gasteiger partial charge < -0.3 is 24.6 Å². The van der Waals surface area contributed by atoms with Gasteiger partial charge in [-0.2, -0.15) is 0 Å². The average Bonchev–Trinajstić information content (AvgIpc) is 3.16. The van der Waals surface area contributed by atoms with Gasteiger partial charge in [0, 0.05) is 31.6 Å². The van der Waals surface area contributed by atoms with Gasteiger partial charge in [0.05, 0.1) is 19.4 Å². The summed E-state index contributed by atoms with van der Waals surface area (Å²) < 4.78 is 10.4. The van der Waals surface area contributed by atoms with Crippen LogP contribution in [-0.2, 0) is 4.74 Å². The number of anilines is 2. The molecule has 1 aliphatic rings. The molecule has 8 nitrogen and oxygen atoms in total. The van der Waals surface area contributed by atoms with Crippen molar-refractivity contribution in [3.8, 4) is 5.75 Å². The Morgan fingerprint density at radius 3 is 2.61 bits per heavy atom. The zero-order chi connectivity index (χ0) is 20.1. The SMILES string of the molecule is CCOC(=O)N1CCN(C(=O)c2csc(Nc3cc(C)ccc3OC)n2)CC1. The number of amides is 2. The number of thiazole rings is 1. The van der Waals surface area contributed by atoms with Crippen molar-refractivity contribution in [3.05, 3.63) is 34.8 Å². The van der Waals surface area contributed by atoms with E-state index >= 15 is 0 Å². The highest BCUT2D eigenvalue weighted by molar-refractivity contribution is 7.14. The molecular formula is C19H24N4O4S. The second-order valence-electron chi connectivity index (χ2n) is 6.34. The molecule has 1 saturated heterocycles. The Morgan fingerprint density at radius 1 is 1.21 bits per heavy atom. The predicted molar refractivity (Wildman–Crippen MR) is 108 cm³/mol. The van der Waals surface area contributed by atoms with Gasteiger partial charge in [-0.05, 0) is 31.5 Å². The number of aromatic nitrogens is 1. The van der Waals surface area contributed by atoms with Gasteiger partial charge in [0.2, 0.25) is 0 Å². The van der Waals surface area contributed by atoms with Crippen LogP contribution in [0.15, 0.2) is 23.6 Å². The predicted octanol–water partition coefficient (Wildman–Crippen LogP) is 3.12. The van der Waals surface area contributed by atoms with Gasteiger partial charge in [0.15, 0.2) is 5.13 Å². The van der Waals surface area contributed by atoms with Crippen molar-refractivity contribution in [2.45, 2.75) is 13.8 Å². The third-order valence-electron chi connectivity index (χ3n) is 4.41. The zero-order valence-corrected chi connectivity index (χ0v) is 17.0. The van der Waals surface area contributed by atoms with Crippen LogP contribution in [0, 0.1) is 6.92 Å². The molecule has 2 heterocycles. The topological polar surface area (TPSA) is 84.0 Å². The zero-order valence-electron chi connectivity index (χ0n) is 16.2. The third-order valence-corrected chi connectivity index (χ3v) is 5.17. The summed E-state index contributed by atoms with van der Waals surface area (Å²) in [5.74, 6) is 0.577. The fourth-order valence-electron chi connectivity index (χ4n) is 2.93. The number of methoxy groups -OCH3 is 1. The van der Waals surface area contributed by atoms with Gasteiger partial charge in [0.1, 0.15) is 11.4 Å². The van der Waals surface area contributed by atoms with Crippen LogP contribution in [0.4, 0.5) is 15.6 Å². The Balaban J connectivity index is 1.62. The van der Waals surface area contributed by atoms with Crippen LogP contribution in [0.3, 0.4) is 0 Å². The normalized spacial score (nSPS) is 14.0. The molecule has 9 heteroatoms. The van der Waals surface area contributed by atoms with E-state index in [1.54, 1.807) is 29.2 Å². The van der Waals surface area contributed by atoms with Gasteiger partial charge in [-0.1, -0.05) is 6.07 Å². The van der Waals surface area contributed by atoms with Crippen molar-refractivity contribution in [3.63, 3.8) is 0 Å². The molecule has 0 bridgehead atoms. The number of carbonyl (C=O) groups is 2. The van der Waals surface area contributed by atoms with E-state index in [0.717, 1.165) is 11.3 Å². The second kappa shape index (κ2) is 8.92. The number of piperazine rings is 1. The van der Waals surface area contributed by atoms with Crippen molar-refractivity contribution >= 4 is 34.2 Å². The summed E-state index contributed by atoms with van der Waals surface area (Å²) in [6, 6.07) is 5.83. The van der Waals surface area contributed by atoms with E-state index in [9.17, 15) is 9.59 Å². The molecule has 1 N–H and O–H groups in total. The maximum atomic E-state index is 12.7. The number of nitrogens with one attached hydrogen (secondary N) is 1. The van der Waals surface area contributed by atoms with E-state index in [-0.39, 0.29) is 12.0 Å². The molecule has 3 rings (SSSR count). The fraction of sp³-hybridized carbons (Fsp3) is 0.421. The van der Waals surface area contributed by atoms with E-state index in [4.69, 9.17) is 9.47 Å². The fourth-order valence-corrected chi connectivity index (χ4v) is 3.63. The first-order valence-electron chi connectivity index (χ1n) is 9.10. The van der Waals surface area contributed by atoms with Crippen molar-refractivity contribution in [2.75, 3.05) is 45.2 Å². The first-order valence-corrected chi connectivity index (χ1v) is 9.98. The summed E-state index contributed by atoms with van der Waals surface area (Å²) in [5.41, 5.74) is 2.29. The number of benzene rings is 1. The number of hydrogen-bond acceptors (Lipinski definition) is 7.